The Balaban J connectivity index is 2.04. The summed E-state index contributed by atoms with van der Waals surface area (Å²) in [5, 5.41) is 12.7. The first-order chi connectivity index (χ1) is 13.4. The van der Waals surface area contributed by atoms with Crippen LogP contribution in [-0.2, 0) is 4.79 Å². The van der Waals surface area contributed by atoms with Gasteiger partial charge in [-0.15, -0.1) is 0 Å². The smallest absolute Gasteiger partial charge is 0.263 e. The van der Waals surface area contributed by atoms with E-state index in [0.717, 1.165) is 0 Å². The second-order valence-electron chi connectivity index (χ2n) is 6.15. The van der Waals surface area contributed by atoms with E-state index in [4.69, 9.17) is 0 Å². The van der Waals surface area contributed by atoms with Crippen molar-refractivity contribution in [3.05, 3.63) is 76.6 Å². The molecule has 0 atom stereocenters. The van der Waals surface area contributed by atoms with Gasteiger partial charge in [0, 0.05) is 18.1 Å². The van der Waals surface area contributed by atoms with Crippen molar-refractivity contribution in [1.29, 1.82) is 0 Å². The molecule has 3 rings (SSSR count). The maximum atomic E-state index is 12.9. The predicted octanol–water partition coefficient (Wildman–Crippen LogP) is 3.02. The summed E-state index contributed by atoms with van der Waals surface area (Å²) in [7, 11) is 1.54. The molecule has 1 aromatic heterocycles. The van der Waals surface area contributed by atoms with Gasteiger partial charge in [0.25, 0.3) is 11.5 Å². The molecule has 0 saturated heterocycles. The third-order valence-corrected chi connectivity index (χ3v) is 4.24. The van der Waals surface area contributed by atoms with Gasteiger partial charge < -0.3 is 20.3 Å². The Labute approximate surface area is 160 Å². The number of allylic oxidation sites excluding steroid dienone is 1. The molecule has 2 amide bonds. The number of rotatable bonds is 4. The lowest BCUT2D eigenvalue weighted by atomic mass is 10.1. The number of hydrogen-bond acceptors (Lipinski definition) is 4. The van der Waals surface area contributed by atoms with Gasteiger partial charge in [-0.2, -0.15) is 0 Å². The summed E-state index contributed by atoms with van der Waals surface area (Å²) in [6.45, 7) is 1.73. The van der Waals surface area contributed by atoms with Crippen molar-refractivity contribution in [2.24, 2.45) is 0 Å². The van der Waals surface area contributed by atoms with Crippen LogP contribution >= 0.6 is 0 Å². The number of pyridine rings is 1. The number of anilines is 2. The fraction of sp³-hybridized carbons (Fsp3) is 0.0952. The van der Waals surface area contributed by atoms with Crippen LogP contribution in [0.15, 0.2) is 65.5 Å². The molecule has 28 heavy (non-hydrogen) atoms. The van der Waals surface area contributed by atoms with E-state index in [1.807, 2.05) is 0 Å². The van der Waals surface area contributed by atoms with E-state index in [2.05, 4.69) is 10.3 Å². The molecule has 0 fully saturated rings. The van der Waals surface area contributed by atoms with E-state index >= 15 is 0 Å². The number of fused-ring (bicyclic) bond motifs is 1. The van der Waals surface area contributed by atoms with Gasteiger partial charge in [0.05, 0.1) is 11.2 Å². The normalized spacial score (nSPS) is 10.9. The number of phenolic OH excluding ortho intramolecular Hbond substituents is 1. The SMILES string of the molecule is CC=CC(=O)Nc1cccc2[nH]c(=O)c(C(=O)N(C)c3ccc(O)cc3)cc12. The van der Waals surface area contributed by atoms with Crippen molar-refractivity contribution in [3.63, 3.8) is 0 Å². The average molecular weight is 377 g/mol. The van der Waals surface area contributed by atoms with Crippen molar-refractivity contribution in [2.45, 2.75) is 6.92 Å². The molecular formula is C21H19N3O4. The molecule has 7 nitrogen and oxygen atoms in total. The monoisotopic (exact) mass is 377 g/mol. The molecule has 3 aromatic rings. The van der Waals surface area contributed by atoms with Crippen molar-refractivity contribution in [3.8, 4) is 5.75 Å². The molecule has 1 heterocycles. The highest BCUT2D eigenvalue weighted by Crippen LogP contribution is 2.23. The number of aromatic nitrogens is 1. The zero-order valence-corrected chi connectivity index (χ0v) is 15.4. The van der Waals surface area contributed by atoms with E-state index in [-0.39, 0.29) is 17.2 Å². The van der Waals surface area contributed by atoms with Crippen LogP contribution in [0, 0.1) is 0 Å². The summed E-state index contributed by atoms with van der Waals surface area (Å²) in [6.07, 6.45) is 3.00. The number of amides is 2. The minimum Gasteiger partial charge on any atom is -0.508 e. The molecule has 142 valence electrons. The molecule has 7 heteroatoms. The van der Waals surface area contributed by atoms with Gasteiger partial charge in [0.15, 0.2) is 0 Å². The Morgan fingerprint density at radius 3 is 2.54 bits per heavy atom. The molecule has 0 aliphatic rings. The summed E-state index contributed by atoms with van der Waals surface area (Å²) in [5.41, 5.74) is 0.929. The number of hydrogen-bond donors (Lipinski definition) is 3. The summed E-state index contributed by atoms with van der Waals surface area (Å²) in [6, 6.07) is 12.6. The number of nitrogens with one attached hydrogen (secondary N) is 2. The van der Waals surface area contributed by atoms with Gasteiger partial charge in [-0.25, -0.2) is 0 Å². The van der Waals surface area contributed by atoms with Crippen LogP contribution in [-0.4, -0.2) is 29.0 Å². The highest BCUT2D eigenvalue weighted by atomic mass is 16.3. The van der Waals surface area contributed by atoms with Gasteiger partial charge in [0.1, 0.15) is 11.3 Å². The number of phenols is 1. The number of benzene rings is 2. The first-order valence-electron chi connectivity index (χ1n) is 8.57. The molecule has 0 spiro atoms. The maximum Gasteiger partial charge on any atom is 0.263 e. The van der Waals surface area contributed by atoms with Crippen molar-refractivity contribution >= 4 is 34.1 Å². The number of aromatic amines is 1. The van der Waals surface area contributed by atoms with E-state index in [1.165, 1.54) is 36.2 Å². The highest BCUT2D eigenvalue weighted by molar-refractivity contribution is 6.10. The molecule has 0 aliphatic carbocycles. The number of carbonyl (C=O) groups excluding carboxylic acids is 2. The zero-order valence-electron chi connectivity index (χ0n) is 15.4. The zero-order chi connectivity index (χ0) is 20.3. The average Bonchev–Trinajstić information content (AvgIpc) is 2.67. The van der Waals surface area contributed by atoms with Gasteiger partial charge in [-0.05, 0) is 55.5 Å². The van der Waals surface area contributed by atoms with Crippen LogP contribution in [0.1, 0.15) is 17.3 Å². The summed E-state index contributed by atoms with van der Waals surface area (Å²) in [5.74, 6) is -0.742. The quantitative estimate of drug-likeness (QED) is 0.608. The predicted molar refractivity (Wildman–Crippen MR) is 109 cm³/mol. The Hall–Kier alpha value is -3.87. The minimum absolute atomic E-state index is 0.0594. The molecule has 0 unspecified atom stereocenters. The Bertz CT molecular complexity index is 1130. The maximum absolute atomic E-state index is 12.9. The van der Waals surface area contributed by atoms with Crippen molar-refractivity contribution in [2.75, 3.05) is 17.3 Å². The summed E-state index contributed by atoms with van der Waals surface area (Å²) >= 11 is 0. The Kier molecular flexibility index (Phi) is 5.26. The van der Waals surface area contributed by atoms with Crippen LogP contribution < -0.4 is 15.8 Å². The van der Waals surface area contributed by atoms with Gasteiger partial charge in [0.2, 0.25) is 5.91 Å². The Morgan fingerprint density at radius 1 is 1.14 bits per heavy atom. The first-order valence-corrected chi connectivity index (χ1v) is 8.57. The molecule has 0 bridgehead atoms. The number of H-pyrrole nitrogens is 1. The standard InChI is InChI=1S/C21H19N3O4/c1-3-5-19(26)22-17-6-4-7-18-15(17)12-16(20(27)23-18)21(28)24(2)13-8-10-14(25)11-9-13/h3-12,25H,1-2H3,(H,22,26)(H,23,27). The fourth-order valence-corrected chi connectivity index (χ4v) is 2.80. The van der Waals surface area contributed by atoms with E-state index in [1.54, 1.807) is 43.3 Å². The largest absolute Gasteiger partial charge is 0.508 e. The lowest BCUT2D eigenvalue weighted by molar-refractivity contribution is -0.111. The third kappa shape index (κ3) is 3.78. The second-order valence-corrected chi connectivity index (χ2v) is 6.15. The first kappa shape index (κ1) is 18.9. The van der Waals surface area contributed by atoms with Gasteiger partial charge >= 0.3 is 0 Å². The molecule has 0 saturated carbocycles. The lowest BCUT2D eigenvalue weighted by Gasteiger charge is -2.17. The minimum atomic E-state index is -0.528. The van der Waals surface area contributed by atoms with Gasteiger partial charge in [-0.3, -0.25) is 14.4 Å². The lowest BCUT2D eigenvalue weighted by Crippen LogP contribution is -2.31. The van der Waals surface area contributed by atoms with E-state index in [0.29, 0.717) is 22.3 Å². The van der Waals surface area contributed by atoms with E-state index in [9.17, 15) is 19.5 Å². The van der Waals surface area contributed by atoms with E-state index < -0.39 is 11.5 Å². The van der Waals surface area contributed by atoms with Crippen LogP contribution in [0.4, 0.5) is 11.4 Å². The van der Waals surface area contributed by atoms with Crippen molar-refractivity contribution in [1.82, 2.24) is 4.98 Å². The third-order valence-electron chi connectivity index (χ3n) is 4.24. The van der Waals surface area contributed by atoms with Gasteiger partial charge in [-0.1, -0.05) is 12.1 Å². The fourth-order valence-electron chi connectivity index (χ4n) is 2.80. The molecule has 2 aromatic carbocycles. The van der Waals surface area contributed by atoms with Crippen LogP contribution in [0.2, 0.25) is 0 Å². The molecule has 0 aliphatic heterocycles. The molecular weight excluding hydrogens is 358 g/mol. The number of nitrogens with zero attached hydrogens (tertiary/aromatic N) is 1. The summed E-state index contributed by atoms with van der Waals surface area (Å²) < 4.78 is 0. The Morgan fingerprint density at radius 2 is 1.86 bits per heavy atom. The second kappa shape index (κ2) is 7.79. The van der Waals surface area contributed by atoms with Crippen LogP contribution in [0.3, 0.4) is 0 Å². The van der Waals surface area contributed by atoms with Crippen LogP contribution in [0.25, 0.3) is 10.9 Å². The summed E-state index contributed by atoms with van der Waals surface area (Å²) in [4.78, 5) is 41.2. The molecule has 3 N–H and O–H groups in total. The van der Waals surface area contributed by atoms with Crippen LogP contribution in [0.5, 0.6) is 5.75 Å². The number of aromatic hydroxyl groups is 1. The number of carbonyl (C=O) groups is 2. The molecule has 0 radical (unpaired) electrons. The topological polar surface area (TPSA) is 102 Å². The van der Waals surface area contributed by atoms with Crippen molar-refractivity contribution < 1.29 is 14.7 Å². The highest BCUT2D eigenvalue weighted by Gasteiger charge is 2.19.